The number of hydrogen-bond acceptors (Lipinski definition) is 15. The van der Waals surface area contributed by atoms with Gasteiger partial charge in [0.05, 0.1) is 26.4 Å². The highest BCUT2D eigenvalue weighted by Crippen LogP contribution is 2.45. The van der Waals surface area contributed by atoms with Crippen molar-refractivity contribution in [3.63, 3.8) is 0 Å². The smallest absolute Gasteiger partial charge is 0.462 e. The lowest BCUT2D eigenvalue weighted by molar-refractivity contribution is -0.161. The van der Waals surface area contributed by atoms with E-state index in [1.54, 1.807) is 0 Å². The number of esters is 4. The van der Waals surface area contributed by atoms with Crippen molar-refractivity contribution in [3.05, 3.63) is 0 Å². The molecular formula is C64H124O17P2. The molecule has 0 spiro atoms. The summed E-state index contributed by atoms with van der Waals surface area (Å²) in [7, 11) is -9.88. The van der Waals surface area contributed by atoms with Crippen LogP contribution in [0.2, 0.25) is 0 Å². The molecular weight excluding hydrogens is 1100 g/mol. The molecule has 3 N–H and O–H groups in total. The van der Waals surface area contributed by atoms with Gasteiger partial charge in [-0.05, 0) is 31.6 Å². The molecule has 492 valence electrons. The maximum Gasteiger partial charge on any atom is 0.472 e. The Balaban J connectivity index is 5.23. The summed E-state index contributed by atoms with van der Waals surface area (Å²) in [5, 5.41) is 10.5. The van der Waals surface area contributed by atoms with Crippen molar-refractivity contribution >= 4 is 39.5 Å². The highest BCUT2D eigenvalue weighted by Gasteiger charge is 2.30. The zero-order chi connectivity index (χ0) is 61.3. The summed E-state index contributed by atoms with van der Waals surface area (Å²) in [5.74, 6) is -1.36. The SMILES string of the molecule is CCCCCCCCCCCCCCC(=O)OC[C@H](COP(=O)(O)OC[C@@H](O)COP(=O)(O)OC[C@@H](COC(=O)CCCCCCCCCC)OC(=O)CCCCCCCCCCCCC)OC(=O)CCCCCCCCCCC(C)CC. The lowest BCUT2D eigenvalue weighted by atomic mass is 9.99. The predicted octanol–water partition coefficient (Wildman–Crippen LogP) is 17.8. The molecule has 0 fully saturated rings. The van der Waals surface area contributed by atoms with E-state index in [1.165, 1.54) is 141 Å². The molecule has 6 atom stereocenters. The number of hydrogen-bond donors (Lipinski definition) is 3. The molecule has 0 rings (SSSR count). The zero-order valence-corrected chi connectivity index (χ0v) is 55.1. The summed E-state index contributed by atoms with van der Waals surface area (Å²) in [6, 6.07) is 0. The van der Waals surface area contributed by atoms with Gasteiger partial charge in [0.1, 0.15) is 19.3 Å². The van der Waals surface area contributed by atoms with Crippen molar-refractivity contribution in [1.82, 2.24) is 0 Å². The summed E-state index contributed by atoms with van der Waals surface area (Å²) in [5.41, 5.74) is 0. The van der Waals surface area contributed by atoms with Gasteiger partial charge in [-0.15, -0.1) is 0 Å². The van der Waals surface area contributed by atoms with Crippen LogP contribution in [0.15, 0.2) is 0 Å². The van der Waals surface area contributed by atoms with Gasteiger partial charge in [-0.25, -0.2) is 9.13 Å². The molecule has 0 aliphatic carbocycles. The van der Waals surface area contributed by atoms with Crippen LogP contribution >= 0.6 is 15.6 Å². The van der Waals surface area contributed by atoms with Crippen LogP contribution in [-0.2, 0) is 65.4 Å². The molecule has 0 aromatic heterocycles. The first-order chi connectivity index (χ1) is 40.1. The van der Waals surface area contributed by atoms with Crippen molar-refractivity contribution in [2.75, 3.05) is 39.6 Å². The Morgan fingerprint density at radius 1 is 0.337 bits per heavy atom. The largest absolute Gasteiger partial charge is 0.472 e. The molecule has 0 bridgehead atoms. The fraction of sp³-hybridized carbons (Fsp3) is 0.938. The van der Waals surface area contributed by atoms with Crippen LogP contribution < -0.4 is 0 Å². The number of phosphoric ester groups is 2. The van der Waals surface area contributed by atoms with Crippen LogP contribution in [0, 0.1) is 5.92 Å². The molecule has 0 saturated heterocycles. The van der Waals surface area contributed by atoms with E-state index in [1.807, 2.05) is 0 Å². The Kier molecular flexibility index (Phi) is 56.4. The first kappa shape index (κ1) is 81.1. The average Bonchev–Trinajstić information content (AvgIpc) is 3.47. The number of aliphatic hydroxyl groups excluding tert-OH is 1. The van der Waals surface area contributed by atoms with Crippen molar-refractivity contribution < 1.29 is 80.2 Å². The fourth-order valence-corrected chi connectivity index (χ4v) is 11.1. The maximum absolute atomic E-state index is 13.0. The molecule has 17 nitrogen and oxygen atoms in total. The lowest BCUT2D eigenvalue weighted by Crippen LogP contribution is -2.30. The molecule has 0 aromatic rings. The first-order valence-corrected chi connectivity index (χ1v) is 36.7. The Bertz CT molecular complexity index is 1620. The van der Waals surface area contributed by atoms with Crippen molar-refractivity contribution in [2.24, 2.45) is 5.92 Å². The minimum Gasteiger partial charge on any atom is -0.462 e. The second-order valence-electron chi connectivity index (χ2n) is 23.4. The molecule has 19 heteroatoms. The number of carbonyl (C=O) groups excluding carboxylic acids is 4. The summed E-state index contributed by atoms with van der Waals surface area (Å²) in [6.07, 6.45) is 41.5. The van der Waals surface area contributed by atoms with E-state index in [0.29, 0.717) is 25.7 Å². The van der Waals surface area contributed by atoms with Crippen molar-refractivity contribution in [1.29, 1.82) is 0 Å². The zero-order valence-electron chi connectivity index (χ0n) is 53.3. The van der Waals surface area contributed by atoms with E-state index >= 15 is 0 Å². The van der Waals surface area contributed by atoms with E-state index in [9.17, 15) is 43.2 Å². The van der Waals surface area contributed by atoms with Gasteiger partial charge in [-0.3, -0.25) is 37.3 Å². The van der Waals surface area contributed by atoms with Crippen LogP contribution in [0.4, 0.5) is 0 Å². The molecule has 83 heavy (non-hydrogen) atoms. The highest BCUT2D eigenvalue weighted by atomic mass is 31.2. The second-order valence-corrected chi connectivity index (χ2v) is 26.3. The second kappa shape index (κ2) is 57.8. The normalized spacial score (nSPS) is 14.6. The van der Waals surface area contributed by atoms with Crippen LogP contribution in [0.3, 0.4) is 0 Å². The minimum atomic E-state index is -4.94. The van der Waals surface area contributed by atoms with Crippen LogP contribution in [0.5, 0.6) is 0 Å². The minimum absolute atomic E-state index is 0.105. The van der Waals surface area contributed by atoms with Gasteiger partial charge < -0.3 is 33.8 Å². The quantitative estimate of drug-likeness (QED) is 0.0222. The summed E-state index contributed by atoms with van der Waals surface area (Å²) < 4.78 is 68.0. The summed E-state index contributed by atoms with van der Waals surface area (Å²) >= 11 is 0. The number of carbonyl (C=O) groups is 4. The van der Waals surface area contributed by atoms with E-state index in [4.69, 9.17) is 37.0 Å². The number of ether oxygens (including phenoxy) is 4. The van der Waals surface area contributed by atoms with Gasteiger partial charge in [0.15, 0.2) is 12.2 Å². The Morgan fingerprint density at radius 2 is 0.578 bits per heavy atom. The van der Waals surface area contributed by atoms with E-state index < -0.39 is 97.5 Å². The van der Waals surface area contributed by atoms with Crippen LogP contribution in [0.25, 0.3) is 0 Å². The molecule has 0 aromatic carbocycles. The highest BCUT2D eigenvalue weighted by molar-refractivity contribution is 7.47. The monoisotopic (exact) mass is 1230 g/mol. The number of unbranched alkanes of at least 4 members (excludes halogenated alkanes) is 35. The molecule has 0 aliphatic heterocycles. The number of rotatable bonds is 64. The third kappa shape index (κ3) is 57.6. The van der Waals surface area contributed by atoms with Gasteiger partial charge in [-0.2, -0.15) is 0 Å². The van der Waals surface area contributed by atoms with Gasteiger partial charge in [0, 0.05) is 25.7 Å². The molecule has 0 saturated carbocycles. The molecule has 0 amide bonds. The molecule has 0 heterocycles. The van der Waals surface area contributed by atoms with Gasteiger partial charge in [0.25, 0.3) is 0 Å². The van der Waals surface area contributed by atoms with Gasteiger partial charge >= 0.3 is 39.5 Å². The first-order valence-electron chi connectivity index (χ1n) is 33.7. The lowest BCUT2D eigenvalue weighted by Gasteiger charge is -2.21. The third-order valence-corrected chi connectivity index (χ3v) is 17.0. The van der Waals surface area contributed by atoms with E-state index in [-0.39, 0.29) is 25.7 Å². The Hall–Kier alpha value is -1.94. The maximum atomic E-state index is 13.0. The third-order valence-electron chi connectivity index (χ3n) is 15.1. The van der Waals surface area contributed by atoms with Crippen molar-refractivity contribution in [2.45, 2.75) is 342 Å². The Morgan fingerprint density at radius 3 is 0.855 bits per heavy atom. The van der Waals surface area contributed by atoms with Crippen LogP contribution in [-0.4, -0.2) is 96.7 Å². The average molecular weight is 1230 g/mol. The van der Waals surface area contributed by atoms with Gasteiger partial charge in [-0.1, -0.05) is 272 Å². The molecule has 3 unspecified atom stereocenters. The van der Waals surface area contributed by atoms with E-state index in [0.717, 1.165) is 102 Å². The van der Waals surface area contributed by atoms with Crippen molar-refractivity contribution in [3.8, 4) is 0 Å². The molecule has 0 radical (unpaired) electrons. The summed E-state index contributed by atoms with van der Waals surface area (Å²) in [6.45, 7) is 7.17. The predicted molar refractivity (Wildman–Crippen MR) is 331 cm³/mol. The standard InChI is InChI=1S/C64H124O17P2/c1-6-10-13-16-19-22-24-26-27-33-38-43-48-62(67)75-54-60(81-64(69)50-45-40-35-30-29-31-36-41-46-57(5)9-4)56-79-83(72,73)77-52-58(65)51-76-82(70,71)78-55-59(53-74-61(66)47-42-37-32-21-18-15-12-8-3)80-63(68)49-44-39-34-28-25-23-20-17-14-11-7-2/h57-60,65H,6-56H2,1-5H3,(H,70,71)(H,72,73)/t57?,58-,59+,60+/m0/s1. The van der Waals surface area contributed by atoms with Gasteiger partial charge in [0.2, 0.25) is 0 Å². The van der Waals surface area contributed by atoms with E-state index in [2.05, 4.69) is 34.6 Å². The number of aliphatic hydroxyl groups is 1. The Labute approximate surface area is 505 Å². The fourth-order valence-electron chi connectivity index (χ4n) is 9.55. The summed E-state index contributed by atoms with van der Waals surface area (Å²) in [4.78, 5) is 72.2. The number of phosphoric acid groups is 2. The molecule has 0 aliphatic rings. The topological polar surface area (TPSA) is 237 Å². The van der Waals surface area contributed by atoms with Crippen LogP contribution in [0.1, 0.15) is 324 Å².